The van der Waals surface area contributed by atoms with Gasteiger partial charge in [0.25, 0.3) is 5.91 Å². The molecule has 14 heavy (non-hydrogen) atoms. The van der Waals surface area contributed by atoms with Gasteiger partial charge < -0.3 is 11.5 Å². The summed E-state index contributed by atoms with van der Waals surface area (Å²) in [5.74, 6) is -0.603. The number of pyridine rings is 1. The number of rotatable bonds is 1. The Bertz CT molecular complexity index is 508. The Labute approximate surface area is 80.5 Å². The summed E-state index contributed by atoms with van der Waals surface area (Å²) in [6.45, 7) is 0. The van der Waals surface area contributed by atoms with Crippen molar-refractivity contribution >= 4 is 22.4 Å². The van der Waals surface area contributed by atoms with E-state index in [2.05, 4.69) is 4.98 Å². The van der Waals surface area contributed by atoms with E-state index < -0.39 is 5.91 Å². The second-order valence-corrected chi connectivity index (χ2v) is 2.97. The van der Waals surface area contributed by atoms with E-state index >= 15 is 0 Å². The van der Waals surface area contributed by atoms with Crippen molar-refractivity contribution in [3.63, 3.8) is 0 Å². The molecule has 0 aliphatic rings. The first-order valence-electron chi connectivity index (χ1n) is 4.13. The molecule has 0 aliphatic heterocycles. The van der Waals surface area contributed by atoms with Gasteiger partial charge in [0.2, 0.25) is 0 Å². The van der Waals surface area contributed by atoms with Gasteiger partial charge in [-0.25, -0.2) is 4.98 Å². The number of anilines is 1. The molecule has 4 nitrogen and oxygen atoms in total. The summed E-state index contributed by atoms with van der Waals surface area (Å²) in [7, 11) is 0. The van der Waals surface area contributed by atoms with Crippen LogP contribution in [-0.4, -0.2) is 10.9 Å². The molecular formula is C10H9N3O. The summed E-state index contributed by atoms with van der Waals surface area (Å²) >= 11 is 0. The third-order valence-corrected chi connectivity index (χ3v) is 2.07. The minimum atomic E-state index is -0.603. The van der Waals surface area contributed by atoms with Crippen LogP contribution in [0.2, 0.25) is 0 Å². The summed E-state index contributed by atoms with van der Waals surface area (Å²) in [5.41, 5.74) is 11.4. The number of primary amides is 1. The number of nitrogens with two attached hydrogens (primary N) is 2. The lowest BCUT2D eigenvalue weighted by Crippen LogP contribution is -2.15. The maximum absolute atomic E-state index is 10.9. The second-order valence-electron chi connectivity index (χ2n) is 2.97. The maximum Gasteiger partial charge on any atom is 0.269 e. The van der Waals surface area contributed by atoms with Gasteiger partial charge in [0, 0.05) is 17.0 Å². The van der Waals surface area contributed by atoms with Gasteiger partial charge in [0.05, 0.1) is 5.69 Å². The smallest absolute Gasteiger partial charge is 0.269 e. The molecule has 0 aliphatic carbocycles. The van der Waals surface area contributed by atoms with Crippen molar-refractivity contribution in [3.05, 3.63) is 36.2 Å². The summed E-state index contributed by atoms with van der Waals surface area (Å²) in [5, 5.41) is 1.70. The predicted molar refractivity (Wildman–Crippen MR) is 54.7 cm³/mol. The molecule has 1 amide bonds. The van der Waals surface area contributed by atoms with E-state index in [0.717, 1.165) is 10.8 Å². The summed E-state index contributed by atoms with van der Waals surface area (Å²) in [6, 6.07) is 7.44. The molecule has 0 spiro atoms. The van der Waals surface area contributed by atoms with Gasteiger partial charge >= 0.3 is 0 Å². The van der Waals surface area contributed by atoms with Crippen molar-refractivity contribution in [3.8, 4) is 0 Å². The van der Waals surface area contributed by atoms with E-state index in [-0.39, 0.29) is 5.69 Å². The number of benzene rings is 1. The molecule has 0 bridgehead atoms. The number of aromatic nitrogens is 1. The van der Waals surface area contributed by atoms with Crippen molar-refractivity contribution in [2.45, 2.75) is 0 Å². The maximum atomic E-state index is 10.9. The highest BCUT2D eigenvalue weighted by molar-refractivity contribution is 6.04. The van der Waals surface area contributed by atoms with E-state index in [1.807, 2.05) is 24.3 Å². The Morgan fingerprint density at radius 3 is 2.71 bits per heavy atom. The highest BCUT2D eigenvalue weighted by Crippen LogP contribution is 2.21. The number of hydrogen-bond acceptors (Lipinski definition) is 3. The minimum Gasteiger partial charge on any atom is -0.396 e. The van der Waals surface area contributed by atoms with Crippen molar-refractivity contribution in [1.82, 2.24) is 4.98 Å². The first-order chi connectivity index (χ1) is 6.70. The Morgan fingerprint density at radius 1 is 1.29 bits per heavy atom. The number of nitrogen functional groups attached to an aromatic ring is 1. The van der Waals surface area contributed by atoms with Crippen LogP contribution in [0, 0.1) is 0 Å². The SMILES string of the molecule is NC(=O)c1ncc2ccccc2c1N. The Balaban J connectivity index is 2.81. The van der Waals surface area contributed by atoms with E-state index in [9.17, 15) is 4.79 Å². The lowest BCUT2D eigenvalue weighted by molar-refractivity contribution is 0.0996. The Kier molecular flexibility index (Phi) is 1.81. The number of nitrogens with zero attached hydrogens (tertiary/aromatic N) is 1. The van der Waals surface area contributed by atoms with Gasteiger partial charge in [-0.3, -0.25) is 4.79 Å². The summed E-state index contributed by atoms with van der Waals surface area (Å²) in [6.07, 6.45) is 1.59. The van der Waals surface area contributed by atoms with Crippen LogP contribution >= 0.6 is 0 Å². The van der Waals surface area contributed by atoms with Crippen LogP contribution in [0.3, 0.4) is 0 Å². The normalized spacial score (nSPS) is 10.3. The average Bonchev–Trinajstić information content (AvgIpc) is 2.18. The van der Waals surface area contributed by atoms with Gasteiger partial charge in [-0.1, -0.05) is 24.3 Å². The monoisotopic (exact) mass is 187 g/mol. The van der Waals surface area contributed by atoms with Crippen molar-refractivity contribution < 1.29 is 4.79 Å². The van der Waals surface area contributed by atoms with Crippen molar-refractivity contribution in [2.75, 3.05) is 5.73 Å². The van der Waals surface area contributed by atoms with Gasteiger partial charge in [0.15, 0.2) is 5.69 Å². The molecule has 0 fully saturated rings. The zero-order valence-corrected chi connectivity index (χ0v) is 7.40. The van der Waals surface area contributed by atoms with Crippen LogP contribution in [0.5, 0.6) is 0 Å². The number of amides is 1. The molecule has 0 radical (unpaired) electrons. The summed E-state index contributed by atoms with van der Waals surface area (Å²) < 4.78 is 0. The Hall–Kier alpha value is -2.10. The molecule has 0 unspecified atom stereocenters. The molecule has 70 valence electrons. The second kappa shape index (κ2) is 2.99. The fourth-order valence-corrected chi connectivity index (χ4v) is 1.38. The number of carbonyl (C=O) groups is 1. The van der Waals surface area contributed by atoms with Crippen LogP contribution in [-0.2, 0) is 0 Å². The molecule has 2 rings (SSSR count). The summed E-state index contributed by atoms with van der Waals surface area (Å²) in [4.78, 5) is 14.9. The quantitative estimate of drug-likeness (QED) is 0.696. The first kappa shape index (κ1) is 8.50. The van der Waals surface area contributed by atoms with Gasteiger partial charge in [-0.2, -0.15) is 0 Å². The lowest BCUT2D eigenvalue weighted by Gasteiger charge is -2.04. The third-order valence-electron chi connectivity index (χ3n) is 2.07. The van der Waals surface area contributed by atoms with Crippen LogP contribution < -0.4 is 11.5 Å². The number of carbonyl (C=O) groups excluding carboxylic acids is 1. The fraction of sp³-hybridized carbons (Fsp3) is 0. The highest BCUT2D eigenvalue weighted by Gasteiger charge is 2.09. The lowest BCUT2D eigenvalue weighted by atomic mass is 10.1. The van der Waals surface area contributed by atoms with Crippen LogP contribution in [0.1, 0.15) is 10.5 Å². The highest BCUT2D eigenvalue weighted by atomic mass is 16.1. The van der Waals surface area contributed by atoms with Gasteiger partial charge in [-0.05, 0) is 0 Å². The predicted octanol–water partition coefficient (Wildman–Crippen LogP) is 0.916. The third kappa shape index (κ3) is 1.17. The molecule has 0 saturated heterocycles. The zero-order chi connectivity index (χ0) is 10.1. The zero-order valence-electron chi connectivity index (χ0n) is 7.40. The van der Waals surface area contributed by atoms with Gasteiger partial charge in [-0.15, -0.1) is 0 Å². The van der Waals surface area contributed by atoms with Crippen molar-refractivity contribution in [1.29, 1.82) is 0 Å². The molecule has 2 aromatic rings. The van der Waals surface area contributed by atoms with Gasteiger partial charge in [0.1, 0.15) is 0 Å². The standard InChI is InChI=1S/C10H9N3O/c11-8-7-4-2-1-3-6(7)5-13-9(8)10(12)14/h1-5H,11H2,(H2,12,14). The van der Waals surface area contributed by atoms with Crippen molar-refractivity contribution in [2.24, 2.45) is 5.73 Å². The Morgan fingerprint density at radius 2 is 2.00 bits per heavy atom. The van der Waals surface area contributed by atoms with E-state index in [0.29, 0.717) is 5.69 Å². The molecule has 1 aromatic heterocycles. The molecule has 0 saturated carbocycles. The molecule has 4 N–H and O–H groups in total. The van der Waals surface area contributed by atoms with Crippen LogP contribution in [0.25, 0.3) is 10.8 Å². The molecule has 4 heteroatoms. The molecular weight excluding hydrogens is 178 g/mol. The topological polar surface area (TPSA) is 82.0 Å². The van der Waals surface area contributed by atoms with Crippen LogP contribution in [0.4, 0.5) is 5.69 Å². The molecule has 0 atom stereocenters. The van der Waals surface area contributed by atoms with Crippen LogP contribution in [0.15, 0.2) is 30.5 Å². The van der Waals surface area contributed by atoms with E-state index in [4.69, 9.17) is 11.5 Å². The minimum absolute atomic E-state index is 0.128. The largest absolute Gasteiger partial charge is 0.396 e. The number of hydrogen-bond donors (Lipinski definition) is 2. The molecule has 1 heterocycles. The fourth-order valence-electron chi connectivity index (χ4n) is 1.38. The number of fused-ring (bicyclic) bond motifs is 1. The van der Waals surface area contributed by atoms with E-state index in [1.54, 1.807) is 6.20 Å². The average molecular weight is 187 g/mol. The molecule has 1 aromatic carbocycles. The van der Waals surface area contributed by atoms with E-state index in [1.165, 1.54) is 0 Å². The first-order valence-corrected chi connectivity index (χ1v) is 4.13.